The molecule has 0 bridgehead atoms. The summed E-state index contributed by atoms with van der Waals surface area (Å²) in [5.41, 5.74) is 3.81. The number of aromatic nitrogens is 2. The number of aromatic amines is 1. The van der Waals surface area contributed by atoms with Gasteiger partial charge in [0, 0.05) is 11.3 Å². The van der Waals surface area contributed by atoms with Crippen molar-refractivity contribution < 1.29 is 19.1 Å². The summed E-state index contributed by atoms with van der Waals surface area (Å²) in [7, 11) is 1.65. The molecule has 2 atom stereocenters. The van der Waals surface area contributed by atoms with Gasteiger partial charge in [0.1, 0.15) is 11.1 Å². The third-order valence-corrected chi connectivity index (χ3v) is 8.47. The maximum absolute atomic E-state index is 12.4. The van der Waals surface area contributed by atoms with E-state index in [1.165, 1.54) is 25.4 Å². The van der Waals surface area contributed by atoms with Crippen LogP contribution in [0.2, 0.25) is 0 Å². The molecule has 10 heteroatoms. The molecule has 1 fully saturated rings. The Morgan fingerprint density at radius 2 is 2.05 bits per heavy atom. The lowest BCUT2D eigenvalue weighted by Crippen LogP contribution is -2.39. The van der Waals surface area contributed by atoms with Crippen molar-refractivity contribution in [1.29, 1.82) is 0 Å². The summed E-state index contributed by atoms with van der Waals surface area (Å²) in [6.07, 6.45) is 9.40. The van der Waals surface area contributed by atoms with E-state index in [0.29, 0.717) is 23.7 Å². The first kappa shape index (κ1) is 26.8. The fraction of sp³-hybridized carbons (Fsp3) is 0.379. The van der Waals surface area contributed by atoms with Crippen LogP contribution in [0.3, 0.4) is 0 Å². The minimum atomic E-state index is -0.422. The van der Waals surface area contributed by atoms with Gasteiger partial charge in [0.15, 0.2) is 17.8 Å². The monoisotopic (exact) mass is 547 g/mol. The van der Waals surface area contributed by atoms with E-state index in [-0.39, 0.29) is 17.3 Å². The van der Waals surface area contributed by atoms with Crippen molar-refractivity contribution >= 4 is 35.4 Å². The molecule has 9 nitrogen and oxygen atoms in total. The summed E-state index contributed by atoms with van der Waals surface area (Å²) in [6.45, 7) is 2.52. The van der Waals surface area contributed by atoms with Crippen molar-refractivity contribution in [2.24, 2.45) is 5.10 Å². The van der Waals surface area contributed by atoms with Crippen LogP contribution < -0.4 is 14.8 Å². The number of carbonyl (C=O) groups is 2. The highest BCUT2D eigenvalue weighted by molar-refractivity contribution is 8.01. The maximum Gasteiger partial charge on any atom is 0.273 e. The van der Waals surface area contributed by atoms with Crippen LogP contribution in [0.25, 0.3) is 0 Å². The number of H-pyrrole nitrogens is 1. The number of hydrazone groups is 1. The third kappa shape index (κ3) is 6.27. The molecule has 39 heavy (non-hydrogen) atoms. The van der Waals surface area contributed by atoms with Gasteiger partial charge in [-0.2, -0.15) is 5.10 Å². The van der Waals surface area contributed by atoms with Crippen LogP contribution in [-0.2, 0) is 11.3 Å². The molecule has 2 N–H and O–H groups in total. The quantitative estimate of drug-likeness (QED) is 0.334. The van der Waals surface area contributed by atoms with Gasteiger partial charge in [0.2, 0.25) is 0 Å². The molecule has 5 rings (SSSR count). The van der Waals surface area contributed by atoms with Crippen LogP contribution in [0.5, 0.6) is 11.5 Å². The Labute approximate surface area is 232 Å². The van der Waals surface area contributed by atoms with Crippen LogP contribution in [-0.4, -0.2) is 56.7 Å². The summed E-state index contributed by atoms with van der Waals surface area (Å²) < 4.78 is 11.9. The van der Waals surface area contributed by atoms with Crippen molar-refractivity contribution in [3.05, 3.63) is 71.8 Å². The van der Waals surface area contributed by atoms with Gasteiger partial charge in [0.25, 0.3) is 5.91 Å². The minimum Gasteiger partial charge on any atom is -0.493 e. The minimum absolute atomic E-state index is 0.0594. The molecule has 204 valence electrons. The molecular weight excluding hydrogens is 514 g/mol. The number of thioether (sulfide) groups is 1. The number of rotatable bonds is 10. The number of amides is 1. The lowest BCUT2D eigenvalue weighted by Gasteiger charge is -2.35. The highest BCUT2D eigenvalue weighted by atomic mass is 32.2. The lowest BCUT2D eigenvalue weighted by molar-refractivity contribution is -0.110. The molecule has 1 saturated carbocycles. The van der Waals surface area contributed by atoms with Gasteiger partial charge in [0.05, 0.1) is 43.2 Å². The van der Waals surface area contributed by atoms with Crippen molar-refractivity contribution in [2.75, 3.05) is 12.4 Å². The van der Waals surface area contributed by atoms with Gasteiger partial charge in [-0.15, -0.1) is 11.8 Å². The Morgan fingerprint density at radius 3 is 2.77 bits per heavy atom. The fourth-order valence-electron chi connectivity index (χ4n) is 4.95. The van der Waals surface area contributed by atoms with Crippen molar-refractivity contribution in [3.63, 3.8) is 0 Å². The Morgan fingerprint density at radius 1 is 1.21 bits per heavy atom. The molecule has 2 aliphatic rings. The van der Waals surface area contributed by atoms with Crippen molar-refractivity contribution in [1.82, 2.24) is 15.0 Å². The summed E-state index contributed by atoms with van der Waals surface area (Å²) >= 11 is 1.60. The number of nitrogens with zero attached hydrogens (tertiary/aromatic N) is 3. The smallest absolute Gasteiger partial charge is 0.273 e. The maximum atomic E-state index is 12.4. The zero-order valence-corrected chi connectivity index (χ0v) is 22.9. The molecule has 1 aliphatic heterocycles. The van der Waals surface area contributed by atoms with Gasteiger partial charge in [-0.25, -0.2) is 4.98 Å². The average Bonchev–Trinajstić information content (AvgIpc) is 3.68. The Balaban J connectivity index is 1.40. The second-order valence-corrected chi connectivity index (χ2v) is 11.0. The van der Waals surface area contributed by atoms with Crippen LogP contribution in [0, 0.1) is 0 Å². The first-order valence-corrected chi connectivity index (χ1v) is 14.2. The second-order valence-electron chi connectivity index (χ2n) is 9.65. The van der Waals surface area contributed by atoms with Crippen LogP contribution in [0.15, 0.2) is 60.1 Å². The Kier molecular flexibility index (Phi) is 8.51. The summed E-state index contributed by atoms with van der Waals surface area (Å²) in [4.78, 5) is 31.2. The number of hydrogen-bond acceptors (Lipinski definition) is 8. The van der Waals surface area contributed by atoms with Crippen molar-refractivity contribution in [3.8, 4) is 11.5 Å². The van der Waals surface area contributed by atoms with E-state index >= 15 is 0 Å². The normalized spacial score (nSPS) is 19.4. The lowest BCUT2D eigenvalue weighted by atomic mass is 10.0. The van der Waals surface area contributed by atoms with E-state index in [0.717, 1.165) is 48.1 Å². The largest absolute Gasteiger partial charge is 0.493 e. The highest BCUT2D eigenvalue weighted by Gasteiger charge is 2.32. The van der Waals surface area contributed by atoms with Gasteiger partial charge in [-0.3, -0.25) is 9.80 Å². The molecule has 0 spiro atoms. The summed E-state index contributed by atoms with van der Waals surface area (Å²) in [6, 6.07) is 13.5. The average molecular weight is 548 g/mol. The second kappa shape index (κ2) is 12.4. The molecule has 0 saturated heterocycles. The van der Waals surface area contributed by atoms with Crippen LogP contribution >= 0.6 is 11.8 Å². The third-order valence-electron chi connectivity index (χ3n) is 6.95. The number of hydrogen-bond donors (Lipinski definition) is 2. The number of nitrogens with one attached hydrogen (secondary N) is 2. The van der Waals surface area contributed by atoms with Crippen molar-refractivity contribution in [2.45, 2.75) is 62.3 Å². The SMILES string of the molecule is CCC1SC(C=O)N(Cc2cccc(NC(=O)c3cnc[nH]3)c2)N=C1c1ccc(OC)c(OC2CCCC2)c1. The number of anilines is 1. The fourth-order valence-corrected chi connectivity index (χ4v) is 6.12. The predicted octanol–water partition coefficient (Wildman–Crippen LogP) is 5.25. The molecule has 1 amide bonds. The Hall–Kier alpha value is -3.79. The number of carbonyl (C=O) groups excluding carboxylic acids is 2. The number of aldehydes is 1. The molecule has 2 unspecified atom stereocenters. The zero-order chi connectivity index (χ0) is 27.2. The van der Waals surface area contributed by atoms with E-state index in [1.807, 2.05) is 47.5 Å². The van der Waals surface area contributed by atoms with Crippen LogP contribution in [0.1, 0.15) is 60.6 Å². The first-order valence-electron chi connectivity index (χ1n) is 13.3. The number of ether oxygens (including phenoxy) is 2. The first-order chi connectivity index (χ1) is 19.1. The number of benzene rings is 2. The van der Waals surface area contributed by atoms with Crippen LogP contribution in [0.4, 0.5) is 5.69 Å². The van der Waals surface area contributed by atoms with E-state index in [4.69, 9.17) is 14.6 Å². The van der Waals surface area contributed by atoms with E-state index in [2.05, 4.69) is 22.2 Å². The van der Waals surface area contributed by atoms with Gasteiger partial charge in [-0.1, -0.05) is 19.1 Å². The summed E-state index contributed by atoms with van der Waals surface area (Å²) in [5.74, 6) is 1.17. The van der Waals surface area contributed by atoms with E-state index in [1.54, 1.807) is 18.9 Å². The molecule has 3 aromatic rings. The van der Waals surface area contributed by atoms with Gasteiger partial charge < -0.3 is 24.6 Å². The molecule has 2 aromatic carbocycles. The topological polar surface area (TPSA) is 109 Å². The zero-order valence-electron chi connectivity index (χ0n) is 22.1. The predicted molar refractivity (Wildman–Crippen MR) is 152 cm³/mol. The van der Waals surface area contributed by atoms with E-state index in [9.17, 15) is 9.59 Å². The van der Waals surface area contributed by atoms with E-state index < -0.39 is 5.37 Å². The number of imidazole rings is 1. The molecule has 2 heterocycles. The molecular formula is C29H33N5O4S. The number of methoxy groups -OCH3 is 1. The molecule has 0 radical (unpaired) electrons. The molecule has 1 aliphatic carbocycles. The van der Waals surface area contributed by atoms with Gasteiger partial charge in [-0.05, 0) is 68.0 Å². The standard InChI is InChI=1S/C29H33N5O4S/c1-3-26-28(20-11-12-24(37-2)25(14-20)38-22-9-4-5-10-22)33-34(27(17-35)39-26)16-19-7-6-8-21(13-19)32-29(36)23-15-30-18-31-23/h6-8,11-15,17-18,22,26-27H,3-5,9-10,16H2,1-2H3,(H,30,31)(H,32,36). The van der Waals surface area contributed by atoms with Gasteiger partial charge >= 0.3 is 0 Å². The highest BCUT2D eigenvalue weighted by Crippen LogP contribution is 2.37. The summed E-state index contributed by atoms with van der Waals surface area (Å²) in [5, 5.41) is 9.35. The Bertz CT molecular complexity index is 1320. The molecule has 1 aromatic heterocycles.